The number of anilines is 1. The van der Waals surface area contributed by atoms with Crippen LogP contribution in [-0.2, 0) is 11.3 Å². The van der Waals surface area contributed by atoms with Crippen LogP contribution in [0.5, 0.6) is 0 Å². The van der Waals surface area contributed by atoms with E-state index in [4.69, 9.17) is 16.3 Å². The standard InChI is InChI=1S/C18H14BClN2O3/c20-17-9-12-11-25-19(24)16(12)10-15(17)18(23)21-13-3-5-14(6-4-13)22-7-1-2-8-22/h1-10,24H,11H2,(H,21,23). The average molecular weight is 353 g/mol. The van der Waals surface area contributed by atoms with Crippen molar-refractivity contribution >= 4 is 35.8 Å². The summed E-state index contributed by atoms with van der Waals surface area (Å²) in [6.07, 6.45) is 3.90. The Morgan fingerprint density at radius 1 is 1.20 bits per heavy atom. The van der Waals surface area contributed by atoms with E-state index in [0.29, 0.717) is 28.3 Å². The van der Waals surface area contributed by atoms with Crippen molar-refractivity contribution in [3.05, 3.63) is 77.1 Å². The molecule has 1 aliphatic rings. The summed E-state index contributed by atoms with van der Waals surface area (Å²) in [7, 11) is -1.01. The molecule has 25 heavy (non-hydrogen) atoms. The molecule has 2 aromatic carbocycles. The molecule has 0 saturated heterocycles. The van der Waals surface area contributed by atoms with Crippen LogP contribution in [-0.4, -0.2) is 22.6 Å². The van der Waals surface area contributed by atoms with Gasteiger partial charge < -0.3 is 19.6 Å². The van der Waals surface area contributed by atoms with Gasteiger partial charge in [-0.1, -0.05) is 11.6 Å². The smallest absolute Gasteiger partial charge is 0.423 e. The van der Waals surface area contributed by atoms with Crippen LogP contribution in [0.1, 0.15) is 15.9 Å². The van der Waals surface area contributed by atoms with Gasteiger partial charge in [0, 0.05) is 23.8 Å². The van der Waals surface area contributed by atoms with E-state index < -0.39 is 7.12 Å². The predicted octanol–water partition coefficient (Wildman–Crippen LogP) is 2.60. The number of hydrogen-bond donors (Lipinski definition) is 2. The van der Waals surface area contributed by atoms with E-state index >= 15 is 0 Å². The zero-order valence-corrected chi connectivity index (χ0v) is 13.9. The summed E-state index contributed by atoms with van der Waals surface area (Å²) in [5.41, 5.74) is 3.34. The third kappa shape index (κ3) is 3.07. The van der Waals surface area contributed by atoms with Gasteiger partial charge in [-0.25, -0.2) is 0 Å². The lowest BCUT2D eigenvalue weighted by Gasteiger charge is -2.10. The molecule has 3 aromatic rings. The quantitative estimate of drug-likeness (QED) is 0.712. The number of carbonyl (C=O) groups excluding carboxylic acids is 1. The largest absolute Gasteiger partial charge is 0.491 e. The van der Waals surface area contributed by atoms with E-state index in [1.165, 1.54) is 0 Å². The Bertz CT molecular complexity index is 926. The summed E-state index contributed by atoms with van der Waals surface area (Å²) in [5.74, 6) is -0.333. The molecule has 2 heterocycles. The zero-order valence-electron chi connectivity index (χ0n) is 13.1. The number of halogens is 1. The van der Waals surface area contributed by atoms with Crippen LogP contribution in [0.3, 0.4) is 0 Å². The lowest BCUT2D eigenvalue weighted by Crippen LogP contribution is -2.29. The minimum absolute atomic E-state index is 0.291. The van der Waals surface area contributed by atoms with Crippen LogP contribution in [0.25, 0.3) is 5.69 Å². The summed E-state index contributed by atoms with van der Waals surface area (Å²) >= 11 is 6.21. The topological polar surface area (TPSA) is 63.5 Å². The van der Waals surface area contributed by atoms with Crippen molar-refractivity contribution < 1.29 is 14.5 Å². The highest BCUT2D eigenvalue weighted by Crippen LogP contribution is 2.22. The summed E-state index contributed by atoms with van der Waals surface area (Å²) < 4.78 is 7.12. The minimum Gasteiger partial charge on any atom is -0.423 e. The number of fused-ring (bicyclic) bond motifs is 1. The molecule has 0 radical (unpaired) electrons. The van der Waals surface area contributed by atoms with Crippen molar-refractivity contribution in [1.82, 2.24) is 4.57 Å². The Kier molecular flexibility index (Phi) is 4.09. The molecule has 1 aliphatic heterocycles. The lowest BCUT2D eigenvalue weighted by atomic mass is 9.78. The number of nitrogens with one attached hydrogen (secondary N) is 1. The highest BCUT2D eigenvalue weighted by Gasteiger charge is 2.29. The van der Waals surface area contributed by atoms with Crippen LogP contribution in [0.2, 0.25) is 5.02 Å². The first-order valence-corrected chi connectivity index (χ1v) is 8.16. The summed E-state index contributed by atoms with van der Waals surface area (Å²) in [6, 6.07) is 14.6. The molecule has 2 N–H and O–H groups in total. The number of carbonyl (C=O) groups is 1. The Hall–Kier alpha value is -2.54. The maximum Gasteiger partial charge on any atom is 0.491 e. The van der Waals surface area contributed by atoms with Crippen LogP contribution >= 0.6 is 11.6 Å². The van der Waals surface area contributed by atoms with Crippen LogP contribution in [0.15, 0.2) is 60.9 Å². The van der Waals surface area contributed by atoms with Crippen molar-refractivity contribution in [2.75, 3.05) is 5.32 Å². The number of benzene rings is 2. The molecule has 4 rings (SSSR count). The van der Waals surface area contributed by atoms with Gasteiger partial charge in [-0.3, -0.25) is 4.79 Å². The number of nitrogens with zero attached hydrogens (tertiary/aromatic N) is 1. The molecule has 0 fully saturated rings. The molecule has 7 heteroatoms. The molecule has 124 valence electrons. The van der Waals surface area contributed by atoms with E-state index in [0.717, 1.165) is 11.3 Å². The third-order valence-electron chi connectivity index (χ3n) is 4.16. The van der Waals surface area contributed by atoms with E-state index in [1.807, 2.05) is 53.4 Å². The second-order valence-electron chi connectivity index (χ2n) is 5.79. The summed E-state index contributed by atoms with van der Waals surface area (Å²) in [6.45, 7) is 0.291. The molecular weight excluding hydrogens is 338 g/mol. The minimum atomic E-state index is -1.01. The molecule has 0 bridgehead atoms. The Labute approximate surface area is 150 Å². The molecule has 0 aliphatic carbocycles. The first-order valence-electron chi connectivity index (χ1n) is 7.78. The Morgan fingerprint density at radius 2 is 1.92 bits per heavy atom. The first kappa shape index (κ1) is 16.0. The van der Waals surface area contributed by atoms with Crippen molar-refractivity contribution in [3.63, 3.8) is 0 Å². The number of amides is 1. The van der Waals surface area contributed by atoms with Gasteiger partial charge in [0.15, 0.2) is 0 Å². The van der Waals surface area contributed by atoms with Gasteiger partial charge in [-0.2, -0.15) is 0 Å². The van der Waals surface area contributed by atoms with Gasteiger partial charge in [0.2, 0.25) is 0 Å². The zero-order chi connectivity index (χ0) is 17.4. The van der Waals surface area contributed by atoms with Gasteiger partial charge in [0.05, 0.1) is 17.2 Å². The fourth-order valence-electron chi connectivity index (χ4n) is 2.84. The molecule has 0 spiro atoms. The highest BCUT2D eigenvalue weighted by molar-refractivity contribution is 6.61. The summed E-state index contributed by atoms with van der Waals surface area (Å²) in [4.78, 5) is 12.5. The van der Waals surface area contributed by atoms with E-state index in [9.17, 15) is 9.82 Å². The maximum atomic E-state index is 12.5. The van der Waals surface area contributed by atoms with Gasteiger partial charge in [-0.15, -0.1) is 0 Å². The van der Waals surface area contributed by atoms with Gasteiger partial charge in [0.25, 0.3) is 5.91 Å². The van der Waals surface area contributed by atoms with Crippen molar-refractivity contribution in [2.24, 2.45) is 0 Å². The van der Waals surface area contributed by atoms with Gasteiger partial charge >= 0.3 is 7.12 Å². The van der Waals surface area contributed by atoms with Crippen molar-refractivity contribution in [1.29, 1.82) is 0 Å². The fourth-order valence-corrected chi connectivity index (χ4v) is 3.11. The Balaban J connectivity index is 1.55. The molecular formula is C18H14BClN2O3. The van der Waals surface area contributed by atoms with E-state index in [-0.39, 0.29) is 5.91 Å². The van der Waals surface area contributed by atoms with Crippen LogP contribution in [0, 0.1) is 0 Å². The Morgan fingerprint density at radius 3 is 2.64 bits per heavy atom. The second kappa shape index (κ2) is 6.40. The number of aromatic nitrogens is 1. The molecule has 0 atom stereocenters. The number of rotatable bonds is 3. The van der Waals surface area contributed by atoms with E-state index in [2.05, 4.69) is 5.32 Å². The molecule has 1 aromatic heterocycles. The molecule has 0 unspecified atom stereocenters. The third-order valence-corrected chi connectivity index (χ3v) is 4.48. The maximum absolute atomic E-state index is 12.5. The van der Waals surface area contributed by atoms with Gasteiger partial charge in [-0.05, 0) is 59.6 Å². The van der Waals surface area contributed by atoms with Crippen LogP contribution < -0.4 is 10.8 Å². The normalized spacial score (nSPS) is 13.0. The molecule has 5 nitrogen and oxygen atoms in total. The van der Waals surface area contributed by atoms with Gasteiger partial charge in [0.1, 0.15) is 0 Å². The highest BCUT2D eigenvalue weighted by atomic mass is 35.5. The average Bonchev–Trinajstić information content (AvgIpc) is 3.25. The van der Waals surface area contributed by atoms with Crippen LogP contribution in [0.4, 0.5) is 5.69 Å². The molecule has 0 saturated carbocycles. The molecule has 1 amide bonds. The SMILES string of the molecule is O=C(Nc1ccc(-n2cccc2)cc1)c1cc2c(cc1Cl)COB2O. The first-order chi connectivity index (χ1) is 12.1. The predicted molar refractivity (Wildman–Crippen MR) is 97.6 cm³/mol. The second-order valence-corrected chi connectivity index (χ2v) is 6.19. The summed E-state index contributed by atoms with van der Waals surface area (Å²) in [5, 5.41) is 12.9. The van der Waals surface area contributed by atoms with Crippen molar-refractivity contribution in [2.45, 2.75) is 6.61 Å². The van der Waals surface area contributed by atoms with Crippen molar-refractivity contribution in [3.8, 4) is 5.69 Å². The lowest BCUT2D eigenvalue weighted by molar-refractivity contribution is 0.102. The fraction of sp³-hybridized carbons (Fsp3) is 0.0556. The number of hydrogen-bond acceptors (Lipinski definition) is 3. The monoisotopic (exact) mass is 352 g/mol. The van der Waals surface area contributed by atoms with E-state index in [1.54, 1.807) is 12.1 Å².